The second-order valence-electron chi connectivity index (χ2n) is 4.55. The number of nitrogens with one attached hydrogen (secondary N) is 1. The molecule has 0 aliphatic carbocycles. The van der Waals surface area contributed by atoms with Gasteiger partial charge in [-0.15, -0.1) is 0 Å². The monoisotopic (exact) mass is 282 g/mol. The van der Waals surface area contributed by atoms with Crippen LogP contribution in [-0.4, -0.2) is 34.8 Å². The Labute approximate surface area is 115 Å². The van der Waals surface area contributed by atoms with Crippen molar-refractivity contribution >= 4 is 22.4 Å². The number of amides is 1. The van der Waals surface area contributed by atoms with Crippen LogP contribution in [0.2, 0.25) is 0 Å². The molecule has 0 unspecified atom stereocenters. The van der Waals surface area contributed by atoms with Crippen LogP contribution in [-0.2, 0) is 10.8 Å². The van der Waals surface area contributed by atoms with Crippen LogP contribution in [0.25, 0.3) is 0 Å². The van der Waals surface area contributed by atoms with Gasteiger partial charge in [0.15, 0.2) is 0 Å². The number of hydrogen-bond donors (Lipinski definition) is 2. The Kier molecular flexibility index (Phi) is 4.42. The summed E-state index contributed by atoms with van der Waals surface area (Å²) in [6.07, 6.45) is 1.54. The van der Waals surface area contributed by atoms with Gasteiger partial charge in [0.05, 0.1) is 12.8 Å². The van der Waals surface area contributed by atoms with Gasteiger partial charge in [-0.05, 0) is 31.0 Å². The van der Waals surface area contributed by atoms with E-state index in [2.05, 4.69) is 5.32 Å². The fourth-order valence-corrected chi connectivity index (χ4v) is 3.38. The molecule has 104 valence electrons. The predicted octanol–water partition coefficient (Wildman–Crippen LogP) is 0.918. The van der Waals surface area contributed by atoms with E-state index in [1.807, 2.05) is 0 Å². The first-order chi connectivity index (χ1) is 9.10. The van der Waals surface area contributed by atoms with Crippen molar-refractivity contribution in [3.8, 4) is 5.75 Å². The molecule has 5 nitrogen and oxygen atoms in total. The number of ether oxygens (including phenoxy) is 1. The van der Waals surface area contributed by atoms with E-state index in [4.69, 9.17) is 10.5 Å². The number of carbonyl (C=O) groups excluding carboxylic acids is 1. The van der Waals surface area contributed by atoms with E-state index in [9.17, 15) is 9.00 Å². The minimum Gasteiger partial charge on any atom is -0.495 e. The molecule has 2 rings (SSSR count). The second kappa shape index (κ2) is 6.06. The molecule has 0 bridgehead atoms. The Morgan fingerprint density at radius 1 is 1.42 bits per heavy atom. The Balaban J connectivity index is 2.00. The highest BCUT2D eigenvalue weighted by Crippen LogP contribution is 2.22. The van der Waals surface area contributed by atoms with Crippen LogP contribution in [0.1, 0.15) is 23.2 Å². The third-order valence-electron chi connectivity index (χ3n) is 3.22. The number of nitrogens with two attached hydrogens (primary N) is 1. The van der Waals surface area contributed by atoms with Gasteiger partial charge in [0.1, 0.15) is 5.75 Å². The summed E-state index contributed by atoms with van der Waals surface area (Å²) in [5.41, 5.74) is 6.74. The molecular weight excluding hydrogens is 264 g/mol. The predicted molar refractivity (Wildman–Crippen MR) is 75.8 cm³/mol. The third kappa shape index (κ3) is 3.47. The number of nitrogen functional groups attached to an aromatic ring is 1. The van der Waals surface area contributed by atoms with E-state index in [0.717, 1.165) is 12.8 Å². The SMILES string of the molecule is COc1ccc(C(=O)NC2CCS(=O)CC2)cc1N. The fraction of sp³-hybridized carbons (Fsp3) is 0.462. The molecule has 1 aromatic carbocycles. The van der Waals surface area contributed by atoms with Crippen LogP contribution in [0.15, 0.2) is 18.2 Å². The number of rotatable bonds is 3. The standard InChI is InChI=1S/C13H18N2O3S/c1-18-12-3-2-9(8-11(12)14)13(16)15-10-4-6-19(17)7-5-10/h2-3,8,10H,4-7,14H2,1H3,(H,15,16). The molecule has 0 radical (unpaired) electrons. The smallest absolute Gasteiger partial charge is 0.251 e. The highest BCUT2D eigenvalue weighted by Gasteiger charge is 2.20. The minimum absolute atomic E-state index is 0.105. The second-order valence-corrected chi connectivity index (χ2v) is 6.25. The molecule has 1 aromatic rings. The van der Waals surface area contributed by atoms with E-state index >= 15 is 0 Å². The molecule has 3 N–H and O–H groups in total. The van der Waals surface area contributed by atoms with Crippen molar-refractivity contribution in [1.82, 2.24) is 5.32 Å². The van der Waals surface area contributed by atoms with Gasteiger partial charge in [-0.2, -0.15) is 0 Å². The van der Waals surface area contributed by atoms with Crippen LogP contribution in [0.4, 0.5) is 5.69 Å². The van der Waals surface area contributed by atoms with Gasteiger partial charge in [-0.1, -0.05) is 0 Å². The third-order valence-corrected chi connectivity index (χ3v) is 4.60. The summed E-state index contributed by atoms with van der Waals surface area (Å²) in [7, 11) is 0.819. The molecule has 0 atom stereocenters. The summed E-state index contributed by atoms with van der Waals surface area (Å²) in [5.74, 6) is 1.74. The van der Waals surface area contributed by atoms with Gasteiger partial charge in [-0.3, -0.25) is 9.00 Å². The number of anilines is 1. The van der Waals surface area contributed by atoms with E-state index in [0.29, 0.717) is 28.5 Å². The zero-order valence-corrected chi connectivity index (χ0v) is 11.7. The van der Waals surface area contributed by atoms with Crippen molar-refractivity contribution < 1.29 is 13.7 Å². The van der Waals surface area contributed by atoms with Crippen LogP contribution in [0, 0.1) is 0 Å². The van der Waals surface area contributed by atoms with Gasteiger partial charge in [0.2, 0.25) is 0 Å². The van der Waals surface area contributed by atoms with Gasteiger partial charge in [-0.25, -0.2) is 0 Å². The van der Waals surface area contributed by atoms with Crippen LogP contribution in [0.5, 0.6) is 5.75 Å². The minimum atomic E-state index is -0.716. The molecule has 1 aliphatic heterocycles. The average molecular weight is 282 g/mol. The van der Waals surface area contributed by atoms with Gasteiger partial charge in [0, 0.05) is 33.9 Å². The number of methoxy groups -OCH3 is 1. The molecule has 1 aliphatic rings. The van der Waals surface area contributed by atoms with E-state index in [1.165, 1.54) is 7.11 Å². The summed E-state index contributed by atoms with van der Waals surface area (Å²) >= 11 is 0. The first-order valence-corrected chi connectivity index (χ1v) is 7.68. The largest absolute Gasteiger partial charge is 0.495 e. The quantitative estimate of drug-likeness (QED) is 0.808. The van der Waals surface area contributed by atoms with Crippen molar-refractivity contribution in [2.45, 2.75) is 18.9 Å². The van der Waals surface area contributed by atoms with Crippen molar-refractivity contribution in [2.75, 3.05) is 24.3 Å². The maximum atomic E-state index is 12.1. The lowest BCUT2D eigenvalue weighted by Crippen LogP contribution is -2.39. The topological polar surface area (TPSA) is 81.4 Å². The summed E-state index contributed by atoms with van der Waals surface area (Å²) in [5, 5.41) is 2.95. The molecule has 1 heterocycles. The highest BCUT2D eigenvalue weighted by atomic mass is 32.2. The molecule has 1 fully saturated rings. The number of hydrogen-bond acceptors (Lipinski definition) is 4. The Hall–Kier alpha value is -1.56. The van der Waals surface area contributed by atoms with Crippen molar-refractivity contribution in [2.24, 2.45) is 0 Å². The molecule has 0 spiro atoms. The summed E-state index contributed by atoms with van der Waals surface area (Å²) in [6, 6.07) is 5.08. The normalized spacial score (nSPS) is 22.8. The van der Waals surface area contributed by atoms with E-state index in [-0.39, 0.29) is 11.9 Å². The first-order valence-electron chi connectivity index (χ1n) is 6.19. The van der Waals surface area contributed by atoms with Gasteiger partial charge >= 0.3 is 0 Å². The maximum Gasteiger partial charge on any atom is 0.251 e. The molecule has 1 saturated heterocycles. The lowest BCUT2D eigenvalue weighted by atomic mass is 10.1. The van der Waals surface area contributed by atoms with Crippen LogP contribution in [0.3, 0.4) is 0 Å². The fourth-order valence-electron chi connectivity index (χ4n) is 2.08. The van der Waals surface area contributed by atoms with Crippen molar-refractivity contribution in [3.63, 3.8) is 0 Å². The van der Waals surface area contributed by atoms with Crippen molar-refractivity contribution in [1.29, 1.82) is 0 Å². The number of benzene rings is 1. The molecule has 1 amide bonds. The van der Waals surface area contributed by atoms with E-state index in [1.54, 1.807) is 18.2 Å². The Bertz CT molecular complexity index is 495. The lowest BCUT2D eigenvalue weighted by Gasteiger charge is -2.22. The van der Waals surface area contributed by atoms with E-state index < -0.39 is 10.8 Å². The molecule has 0 aromatic heterocycles. The zero-order valence-electron chi connectivity index (χ0n) is 10.8. The zero-order chi connectivity index (χ0) is 13.8. The summed E-state index contributed by atoms with van der Waals surface area (Å²) < 4.78 is 16.3. The van der Waals surface area contributed by atoms with Gasteiger partial charge < -0.3 is 15.8 Å². The van der Waals surface area contributed by atoms with Crippen LogP contribution < -0.4 is 15.8 Å². The molecule has 6 heteroatoms. The Morgan fingerprint density at radius 2 is 2.11 bits per heavy atom. The first kappa shape index (κ1) is 13.9. The highest BCUT2D eigenvalue weighted by molar-refractivity contribution is 7.85. The maximum absolute atomic E-state index is 12.1. The summed E-state index contributed by atoms with van der Waals surface area (Å²) in [6.45, 7) is 0. The van der Waals surface area contributed by atoms with Gasteiger partial charge in [0.25, 0.3) is 5.91 Å². The van der Waals surface area contributed by atoms with Crippen LogP contribution >= 0.6 is 0 Å². The van der Waals surface area contributed by atoms with Crippen molar-refractivity contribution in [3.05, 3.63) is 23.8 Å². The molecule has 0 saturated carbocycles. The number of carbonyl (C=O) groups is 1. The lowest BCUT2D eigenvalue weighted by molar-refractivity contribution is 0.0934. The average Bonchev–Trinajstić information content (AvgIpc) is 2.41. The molecule has 19 heavy (non-hydrogen) atoms. The molecular formula is C13H18N2O3S. The summed E-state index contributed by atoms with van der Waals surface area (Å²) in [4.78, 5) is 12.1. The Morgan fingerprint density at radius 3 is 2.68 bits per heavy atom.